The van der Waals surface area contributed by atoms with Gasteiger partial charge in [0, 0.05) is 19.3 Å². The number of para-hydroxylation sites is 1. The highest BCUT2D eigenvalue weighted by Gasteiger charge is 2.34. The lowest BCUT2D eigenvalue weighted by Crippen LogP contribution is -2.40. The number of carboxylic acids is 1. The van der Waals surface area contributed by atoms with Crippen LogP contribution in [0.2, 0.25) is 0 Å². The Bertz CT molecular complexity index is 660. The number of benzene rings is 1. The zero-order valence-corrected chi connectivity index (χ0v) is 14.0. The zero-order valence-electron chi connectivity index (χ0n) is 14.0. The third-order valence-corrected chi connectivity index (χ3v) is 4.64. The summed E-state index contributed by atoms with van der Waals surface area (Å²) in [6.07, 6.45) is 3.00. The quantitative estimate of drug-likeness (QED) is 0.785. The first kappa shape index (κ1) is 17.2. The number of rotatable bonds is 8. The van der Waals surface area contributed by atoms with Crippen molar-refractivity contribution in [2.45, 2.75) is 40.2 Å². The molecule has 23 heavy (non-hydrogen) atoms. The fourth-order valence-corrected chi connectivity index (χ4v) is 2.79. The van der Waals surface area contributed by atoms with Gasteiger partial charge < -0.3 is 10.4 Å². The van der Waals surface area contributed by atoms with E-state index in [0.717, 1.165) is 16.9 Å². The van der Waals surface area contributed by atoms with Crippen molar-refractivity contribution in [2.24, 2.45) is 5.41 Å². The van der Waals surface area contributed by atoms with Gasteiger partial charge in [0.1, 0.15) is 0 Å². The number of hydrogen-bond acceptors (Lipinski definition) is 3. The molecule has 5 nitrogen and oxygen atoms in total. The van der Waals surface area contributed by atoms with Gasteiger partial charge in [0.15, 0.2) is 0 Å². The number of aryl methyl sites for hydroxylation is 1. The van der Waals surface area contributed by atoms with Crippen molar-refractivity contribution in [3.63, 3.8) is 0 Å². The normalized spacial score (nSPS) is 11.6. The molecular formula is C18H25N3O2. The second-order valence-corrected chi connectivity index (χ2v) is 5.92. The van der Waals surface area contributed by atoms with Crippen molar-refractivity contribution >= 4 is 5.97 Å². The van der Waals surface area contributed by atoms with Gasteiger partial charge >= 0.3 is 5.97 Å². The summed E-state index contributed by atoms with van der Waals surface area (Å²) in [5, 5.41) is 17.2. The van der Waals surface area contributed by atoms with Crippen LogP contribution in [0.5, 0.6) is 0 Å². The third kappa shape index (κ3) is 3.62. The smallest absolute Gasteiger partial charge is 0.310 e. The van der Waals surface area contributed by atoms with E-state index in [1.165, 1.54) is 0 Å². The molecule has 0 aliphatic heterocycles. The molecule has 5 heteroatoms. The van der Waals surface area contributed by atoms with Crippen LogP contribution in [0.15, 0.2) is 36.5 Å². The van der Waals surface area contributed by atoms with E-state index < -0.39 is 11.4 Å². The van der Waals surface area contributed by atoms with E-state index in [-0.39, 0.29) is 0 Å². The van der Waals surface area contributed by atoms with Crippen LogP contribution >= 0.6 is 0 Å². The summed E-state index contributed by atoms with van der Waals surface area (Å²) < 4.78 is 1.91. The molecule has 0 radical (unpaired) electrons. The predicted molar refractivity (Wildman–Crippen MR) is 90.7 cm³/mol. The van der Waals surface area contributed by atoms with E-state index in [9.17, 15) is 9.90 Å². The topological polar surface area (TPSA) is 67.2 Å². The summed E-state index contributed by atoms with van der Waals surface area (Å²) in [6.45, 7) is 6.95. The van der Waals surface area contributed by atoms with E-state index in [0.29, 0.717) is 25.9 Å². The Hall–Kier alpha value is -2.14. The third-order valence-electron chi connectivity index (χ3n) is 4.64. The molecule has 0 aliphatic carbocycles. The molecule has 0 bridgehead atoms. The molecular weight excluding hydrogens is 290 g/mol. The van der Waals surface area contributed by atoms with Crippen LogP contribution in [0.3, 0.4) is 0 Å². The Morgan fingerprint density at radius 1 is 1.26 bits per heavy atom. The monoisotopic (exact) mass is 315 g/mol. The Morgan fingerprint density at radius 2 is 1.96 bits per heavy atom. The Kier molecular flexibility index (Phi) is 5.55. The lowest BCUT2D eigenvalue weighted by Gasteiger charge is -2.27. The highest BCUT2D eigenvalue weighted by molar-refractivity contribution is 5.74. The van der Waals surface area contributed by atoms with Crippen LogP contribution in [-0.4, -0.2) is 27.4 Å². The molecule has 0 spiro atoms. The molecule has 124 valence electrons. The van der Waals surface area contributed by atoms with Crippen LogP contribution in [0.1, 0.15) is 37.9 Å². The molecule has 2 rings (SSSR count). The molecule has 0 saturated heterocycles. The molecule has 2 N–H and O–H groups in total. The molecule has 1 aromatic heterocycles. The van der Waals surface area contributed by atoms with Crippen LogP contribution < -0.4 is 5.32 Å². The largest absolute Gasteiger partial charge is 0.481 e. The molecule has 1 aromatic carbocycles. The molecule has 0 unspecified atom stereocenters. The van der Waals surface area contributed by atoms with E-state index >= 15 is 0 Å². The maximum absolute atomic E-state index is 11.6. The Labute approximate surface area is 137 Å². The van der Waals surface area contributed by atoms with Gasteiger partial charge in [0.05, 0.1) is 16.8 Å². The van der Waals surface area contributed by atoms with Gasteiger partial charge in [-0.25, -0.2) is 4.68 Å². The summed E-state index contributed by atoms with van der Waals surface area (Å²) in [4.78, 5) is 11.6. The number of carboxylic acid groups (broad SMARTS) is 1. The van der Waals surface area contributed by atoms with Gasteiger partial charge in [0.2, 0.25) is 0 Å². The standard InChI is InChI=1S/C18H25N3O2/c1-4-18(5-2,17(22)23)13-19-12-15-10-11-20-21(15)16-9-7-6-8-14(16)3/h6-11,19H,4-5,12-13H2,1-3H3,(H,22,23). The van der Waals surface area contributed by atoms with Gasteiger partial charge in [-0.05, 0) is 37.5 Å². The van der Waals surface area contributed by atoms with Gasteiger partial charge in [-0.15, -0.1) is 0 Å². The zero-order chi connectivity index (χ0) is 16.9. The highest BCUT2D eigenvalue weighted by atomic mass is 16.4. The summed E-state index contributed by atoms with van der Waals surface area (Å²) in [5.74, 6) is -0.734. The van der Waals surface area contributed by atoms with Crippen LogP contribution in [-0.2, 0) is 11.3 Å². The molecule has 1 heterocycles. The van der Waals surface area contributed by atoms with Gasteiger partial charge in [-0.2, -0.15) is 5.10 Å². The van der Waals surface area contributed by atoms with Gasteiger partial charge in [-0.1, -0.05) is 32.0 Å². The molecule has 0 aliphatic rings. The average Bonchev–Trinajstić information content (AvgIpc) is 3.00. The first-order chi connectivity index (χ1) is 11.0. The molecule has 0 atom stereocenters. The summed E-state index contributed by atoms with van der Waals surface area (Å²) in [7, 11) is 0. The average molecular weight is 315 g/mol. The molecule has 0 saturated carbocycles. The number of nitrogens with zero attached hydrogens (tertiary/aromatic N) is 2. The van der Waals surface area contributed by atoms with E-state index in [4.69, 9.17) is 0 Å². The van der Waals surface area contributed by atoms with Gasteiger partial charge in [-0.3, -0.25) is 4.79 Å². The van der Waals surface area contributed by atoms with Crippen molar-refractivity contribution in [2.75, 3.05) is 6.54 Å². The maximum atomic E-state index is 11.6. The van der Waals surface area contributed by atoms with Crippen molar-refractivity contribution in [1.82, 2.24) is 15.1 Å². The van der Waals surface area contributed by atoms with E-state index in [1.807, 2.05) is 42.8 Å². The number of nitrogens with one attached hydrogen (secondary N) is 1. The van der Waals surface area contributed by atoms with Crippen LogP contribution in [0, 0.1) is 12.3 Å². The number of aromatic nitrogens is 2. The first-order valence-corrected chi connectivity index (χ1v) is 8.07. The number of aliphatic carboxylic acids is 1. The fourth-order valence-electron chi connectivity index (χ4n) is 2.79. The van der Waals surface area contributed by atoms with E-state index in [2.05, 4.69) is 23.4 Å². The molecule has 2 aromatic rings. The predicted octanol–water partition coefficient (Wildman–Crippen LogP) is 3.16. The second kappa shape index (κ2) is 7.42. The minimum Gasteiger partial charge on any atom is -0.481 e. The fraction of sp³-hybridized carbons (Fsp3) is 0.444. The highest BCUT2D eigenvalue weighted by Crippen LogP contribution is 2.26. The lowest BCUT2D eigenvalue weighted by atomic mass is 9.82. The summed E-state index contributed by atoms with van der Waals surface area (Å²) >= 11 is 0. The molecule has 0 amide bonds. The molecule has 0 fully saturated rings. The minimum absolute atomic E-state index is 0.453. The first-order valence-electron chi connectivity index (χ1n) is 8.07. The Morgan fingerprint density at radius 3 is 2.57 bits per heavy atom. The van der Waals surface area contributed by atoms with Crippen LogP contribution in [0.4, 0.5) is 0 Å². The van der Waals surface area contributed by atoms with Crippen molar-refractivity contribution in [1.29, 1.82) is 0 Å². The Balaban J connectivity index is 2.10. The van der Waals surface area contributed by atoms with Crippen molar-refractivity contribution < 1.29 is 9.90 Å². The number of hydrogen-bond donors (Lipinski definition) is 2. The maximum Gasteiger partial charge on any atom is 0.310 e. The number of carbonyl (C=O) groups is 1. The minimum atomic E-state index is -0.734. The van der Waals surface area contributed by atoms with Crippen LogP contribution in [0.25, 0.3) is 5.69 Å². The van der Waals surface area contributed by atoms with E-state index in [1.54, 1.807) is 6.20 Å². The summed E-state index contributed by atoms with van der Waals surface area (Å²) in [6, 6.07) is 10.0. The lowest BCUT2D eigenvalue weighted by molar-refractivity contribution is -0.149. The van der Waals surface area contributed by atoms with Crippen molar-refractivity contribution in [3.8, 4) is 5.69 Å². The van der Waals surface area contributed by atoms with Gasteiger partial charge in [0.25, 0.3) is 0 Å². The SMILES string of the molecule is CCC(CC)(CNCc1ccnn1-c1ccccc1C)C(=O)O. The second-order valence-electron chi connectivity index (χ2n) is 5.92. The summed E-state index contributed by atoms with van der Waals surface area (Å²) in [5.41, 5.74) is 2.52. The van der Waals surface area contributed by atoms with Crippen molar-refractivity contribution in [3.05, 3.63) is 47.8 Å².